The molecule has 0 aromatic heterocycles. The summed E-state index contributed by atoms with van der Waals surface area (Å²) in [6, 6.07) is 14.9. The minimum absolute atomic E-state index is 0.0833. The smallest absolute Gasteiger partial charge is 0.343 e. The molecule has 0 radical (unpaired) electrons. The molecule has 0 bridgehead atoms. The molecule has 0 aliphatic heterocycles. The molecule has 182 valence electrons. The normalized spacial score (nSPS) is 10.7. The van der Waals surface area contributed by atoms with Crippen molar-refractivity contribution in [2.45, 2.75) is 13.8 Å². The van der Waals surface area contributed by atoms with Gasteiger partial charge in [0.15, 0.2) is 11.5 Å². The Morgan fingerprint density at radius 2 is 1.74 bits per heavy atom. The van der Waals surface area contributed by atoms with E-state index >= 15 is 0 Å². The molecule has 0 saturated carbocycles. The van der Waals surface area contributed by atoms with Gasteiger partial charge in [-0.05, 0) is 73.5 Å². The molecule has 35 heavy (non-hydrogen) atoms. The third-order valence-corrected chi connectivity index (χ3v) is 5.11. The fourth-order valence-corrected chi connectivity index (χ4v) is 3.37. The number of carbonyl (C=O) groups excluding carboxylic acids is 2. The molecule has 0 atom stereocenters. The summed E-state index contributed by atoms with van der Waals surface area (Å²) in [6.45, 7) is 4.01. The van der Waals surface area contributed by atoms with Crippen LogP contribution in [0.4, 0.5) is 0 Å². The van der Waals surface area contributed by atoms with Crippen LogP contribution in [0.3, 0.4) is 0 Å². The lowest BCUT2D eigenvalue weighted by Gasteiger charge is -2.13. The molecule has 0 heterocycles. The van der Waals surface area contributed by atoms with Crippen molar-refractivity contribution in [1.29, 1.82) is 0 Å². The van der Waals surface area contributed by atoms with Crippen LogP contribution in [0.25, 0.3) is 0 Å². The molecule has 0 aliphatic carbocycles. The van der Waals surface area contributed by atoms with Crippen LogP contribution in [-0.4, -0.2) is 38.9 Å². The van der Waals surface area contributed by atoms with Gasteiger partial charge in [0.1, 0.15) is 11.5 Å². The Morgan fingerprint density at radius 1 is 1.00 bits per heavy atom. The van der Waals surface area contributed by atoms with E-state index in [0.29, 0.717) is 34.8 Å². The lowest BCUT2D eigenvalue weighted by Crippen LogP contribution is -2.18. The molecule has 0 aliphatic rings. The van der Waals surface area contributed by atoms with Crippen LogP contribution in [0.1, 0.15) is 38.8 Å². The quantitative estimate of drug-likeness (QED) is 0.193. The van der Waals surface area contributed by atoms with E-state index in [9.17, 15) is 9.59 Å². The highest BCUT2D eigenvalue weighted by atomic mass is 35.5. The van der Waals surface area contributed by atoms with Gasteiger partial charge in [-0.15, -0.1) is 0 Å². The number of esters is 1. The van der Waals surface area contributed by atoms with Crippen molar-refractivity contribution in [1.82, 2.24) is 5.43 Å². The van der Waals surface area contributed by atoms with Crippen LogP contribution >= 0.6 is 11.6 Å². The Balaban J connectivity index is 1.77. The number of benzene rings is 3. The number of hydrogen-bond donors (Lipinski definition) is 1. The summed E-state index contributed by atoms with van der Waals surface area (Å²) in [4.78, 5) is 25.1. The zero-order valence-corrected chi connectivity index (χ0v) is 20.5. The standard InChI is InChI=1S/C26H25ClN2O6/c1-5-34-23-14-17(15-28-29-25(30)20-11-6-16(2)12-22(20)33-4)13-21(27)24(23)35-26(31)18-7-9-19(32-3)10-8-18/h6-15H,5H2,1-4H3,(H,29,30)/b28-15+. The van der Waals surface area contributed by atoms with Crippen LogP contribution in [0.15, 0.2) is 59.7 Å². The summed E-state index contributed by atoms with van der Waals surface area (Å²) in [5, 5.41) is 4.14. The molecule has 1 amide bonds. The van der Waals surface area contributed by atoms with E-state index in [1.807, 2.05) is 6.92 Å². The lowest BCUT2D eigenvalue weighted by molar-refractivity contribution is 0.0728. The molecular formula is C26H25ClN2O6. The highest BCUT2D eigenvalue weighted by Crippen LogP contribution is 2.37. The monoisotopic (exact) mass is 496 g/mol. The average molecular weight is 497 g/mol. The molecule has 3 rings (SSSR count). The largest absolute Gasteiger partial charge is 0.497 e. The maximum atomic E-state index is 12.6. The lowest BCUT2D eigenvalue weighted by atomic mass is 10.1. The zero-order valence-electron chi connectivity index (χ0n) is 19.8. The molecule has 3 aromatic carbocycles. The first-order valence-corrected chi connectivity index (χ1v) is 11.0. The number of nitrogens with zero attached hydrogens (tertiary/aromatic N) is 1. The van der Waals surface area contributed by atoms with Crippen molar-refractivity contribution in [2.75, 3.05) is 20.8 Å². The number of aryl methyl sites for hydroxylation is 1. The minimum Gasteiger partial charge on any atom is -0.497 e. The Labute approximate surface area is 208 Å². The Hall–Kier alpha value is -4.04. The second-order valence-corrected chi connectivity index (χ2v) is 7.69. The fourth-order valence-electron chi connectivity index (χ4n) is 3.11. The number of methoxy groups -OCH3 is 2. The van der Waals surface area contributed by atoms with Gasteiger partial charge in [-0.25, -0.2) is 10.2 Å². The van der Waals surface area contributed by atoms with Gasteiger partial charge >= 0.3 is 5.97 Å². The maximum absolute atomic E-state index is 12.6. The Morgan fingerprint density at radius 3 is 2.40 bits per heavy atom. The van der Waals surface area contributed by atoms with Crippen molar-refractivity contribution in [3.05, 3.63) is 81.9 Å². The molecule has 0 spiro atoms. The number of halogens is 1. The van der Waals surface area contributed by atoms with Gasteiger partial charge < -0.3 is 18.9 Å². The van der Waals surface area contributed by atoms with Gasteiger partial charge in [-0.2, -0.15) is 5.10 Å². The average Bonchev–Trinajstić information content (AvgIpc) is 2.86. The summed E-state index contributed by atoms with van der Waals surface area (Å²) < 4.78 is 21.5. The number of rotatable bonds is 9. The van der Waals surface area contributed by atoms with Crippen molar-refractivity contribution in [3.8, 4) is 23.0 Å². The summed E-state index contributed by atoms with van der Waals surface area (Å²) >= 11 is 6.40. The van der Waals surface area contributed by atoms with E-state index in [4.69, 9.17) is 30.5 Å². The predicted octanol–water partition coefficient (Wildman–Crippen LogP) is 5.05. The van der Waals surface area contributed by atoms with Crippen molar-refractivity contribution >= 4 is 29.7 Å². The van der Waals surface area contributed by atoms with E-state index in [-0.39, 0.29) is 16.5 Å². The predicted molar refractivity (Wildman–Crippen MR) is 133 cm³/mol. The number of amides is 1. The molecule has 0 fully saturated rings. The van der Waals surface area contributed by atoms with Gasteiger partial charge in [0.25, 0.3) is 5.91 Å². The second kappa shape index (κ2) is 11.9. The number of hydrogen-bond acceptors (Lipinski definition) is 7. The molecule has 0 unspecified atom stereocenters. The van der Waals surface area contributed by atoms with E-state index < -0.39 is 11.9 Å². The highest BCUT2D eigenvalue weighted by molar-refractivity contribution is 6.32. The van der Waals surface area contributed by atoms with Crippen LogP contribution in [-0.2, 0) is 0 Å². The fraction of sp³-hybridized carbons (Fsp3) is 0.192. The Kier molecular flexibility index (Phi) is 8.69. The topological polar surface area (TPSA) is 95.5 Å². The van der Waals surface area contributed by atoms with Crippen LogP contribution in [0, 0.1) is 6.92 Å². The molecule has 3 aromatic rings. The maximum Gasteiger partial charge on any atom is 0.343 e. The SMILES string of the molecule is CCOc1cc(/C=N/NC(=O)c2ccc(C)cc2OC)cc(Cl)c1OC(=O)c1ccc(OC)cc1. The third kappa shape index (κ3) is 6.51. The van der Waals surface area contributed by atoms with Gasteiger partial charge in [0.05, 0.1) is 43.2 Å². The molecule has 8 nitrogen and oxygen atoms in total. The van der Waals surface area contributed by atoms with E-state index in [1.54, 1.807) is 61.5 Å². The van der Waals surface area contributed by atoms with Crippen LogP contribution in [0.2, 0.25) is 5.02 Å². The third-order valence-electron chi connectivity index (χ3n) is 4.83. The molecule has 0 saturated heterocycles. The number of ether oxygens (including phenoxy) is 4. The molecule has 9 heteroatoms. The number of hydrazone groups is 1. The second-order valence-electron chi connectivity index (χ2n) is 7.28. The van der Waals surface area contributed by atoms with Crippen LogP contribution < -0.4 is 24.4 Å². The van der Waals surface area contributed by atoms with Crippen LogP contribution in [0.5, 0.6) is 23.0 Å². The highest BCUT2D eigenvalue weighted by Gasteiger charge is 2.18. The first kappa shape index (κ1) is 25.6. The van der Waals surface area contributed by atoms with Gasteiger partial charge in [0, 0.05) is 0 Å². The summed E-state index contributed by atoms with van der Waals surface area (Å²) in [5.41, 5.74) is 4.63. The van der Waals surface area contributed by atoms with Crippen molar-refractivity contribution in [2.24, 2.45) is 5.10 Å². The summed E-state index contributed by atoms with van der Waals surface area (Å²) in [5.74, 6) is 0.374. The van der Waals surface area contributed by atoms with E-state index in [0.717, 1.165) is 5.56 Å². The van der Waals surface area contributed by atoms with Gasteiger partial charge in [0.2, 0.25) is 0 Å². The van der Waals surface area contributed by atoms with Gasteiger partial charge in [-0.3, -0.25) is 4.79 Å². The molecule has 1 N–H and O–H groups in total. The first-order chi connectivity index (χ1) is 16.9. The van der Waals surface area contributed by atoms with Gasteiger partial charge in [-0.1, -0.05) is 17.7 Å². The first-order valence-electron chi connectivity index (χ1n) is 10.7. The van der Waals surface area contributed by atoms with E-state index in [2.05, 4.69) is 10.5 Å². The van der Waals surface area contributed by atoms with Crippen molar-refractivity contribution in [3.63, 3.8) is 0 Å². The summed E-state index contributed by atoms with van der Waals surface area (Å²) in [6.07, 6.45) is 1.40. The summed E-state index contributed by atoms with van der Waals surface area (Å²) in [7, 11) is 3.03. The minimum atomic E-state index is -0.601. The zero-order chi connectivity index (χ0) is 25.4. The Bertz CT molecular complexity index is 1240. The number of carbonyl (C=O) groups is 2. The number of nitrogens with one attached hydrogen (secondary N) is 1. The van der Waals surface area contributed by atoms with E-state index in [1.165, 1.54) is 20.4 Å². The van der Waals surface area contributed by atoms with Crippen molar-refractivity contribution < 1.29 is 28.5 Å². The molecular weight excluding hydrogens is 472 g/mol.